The normalized spacial score (nSPS) is 11.4. The van der Waals surface area contributed by atoms with Crippen LogP contribution in [-0.2, 0) is 6.54 Å². The third kappa shape index (κ3) is 4.75. The molecule has 2 nitrogen and oxygen atoms in total. The summed E-state index contributed by atoms with van der Waals surface area (Å²) in [5.41, 5.74) is 10.5. The molecule has 3 rings (SSSR count). The molecule has 0 fully saturated rings. The zero-order valence-electron chi connectivity index (χ0n) is 14.3. The number of aromatic nitrogens is 1. The van der Waals surface area contributed by atoms with Crippen LogP contribution in [-0.4, -0.2) is 6.54 Å². The van der Waals surface area contributed by atoms with E-state index >= 15 is 0 Å². The predicted octanol–water partition coefficient (Wildman–Crippen LogP) is 4.27. The van der Waals surface area contributed by atoms with Crippen molar-refractivity contribution in [1.82, 2.24) is 0 Å². The minimum Gasteiger partial charge on any atom is -0.325 e. The third-order valence-electron chi connectivity index (χ3n) is 4.00. The lowest BCUT2D eigenvalue weighted by atomic mass is 10.1. The molecule has 0 aliphatic heterocycles. The lowest BCUT2D eigenvalue weighted by molar-refractivity contribution is -0.697. The lowest BCUT2D eigenvalue weighted by Gasteiger charge is -2.03. The van der Waals surface area contributed by atoms with Gasteiger partial charge in [0.2, 0.25) is 11.4 Å². The van der Waals surface area contributed by atoms with Crippen molar-refractivity contribution in [1.29, 1.82) is 0 Å². The molecule has 2 aromatic carbocycles. The first-order chi connectivity index (χ1) is 12.4. The van der Waals surface area contributed by atoms with Crippen LogP contribution in [0.5, 0.6) is 0 Å². The smallest absolute Gasteiger partial charge is 0.205 e. The molecule has 0 atom stereocenters. The molecule has 2 heteroatoms. The van der Waals surface area contributed by atoms with Crippen LogP contribution in [0.2, 0.25) is 0 Å². The summed E-state index contributed by atoms with van der Waals surface area (Å²) in [4.78, 5) is 0. The van der Waals surface area contributed by atoms with Gasteiger partial charge in [-0.1, -0.05) is 60.7 Å². The zero-order valence-corrected chi connectivity index (χ0v) is 14.3. The standard InChI is InChI=1S/C23H23N2/c24-18-19-25-22(16-14-20-8-3-1-4-9-20)12-7-13-23(25)17-15-21-10-5-2-6-11-21/h1-17H,18-19,24H2/q+1/b16-14+,17-15+. The summed E-state index contributed by atoms with van der Waals surface area (Å²) in [6, 6.07) is 27.0. The summed E-state index contributed by atoms with van der Waals surface area (Å²) in [6.07, 6.45) is 8.55. The number of hydrogen-bond acceptors (Lipinski definition) is 1. The molecular formula is C23H23N2+. The Morgan fingerprint density at radius 2 is 1.08 bits per heavy atom. The molecule has 0 bridgehead atoms. The predicted molar refractivity (Wildman–Crippen MR) is 106 cm³/mol. The summed E-state index contributed by atoms with van der Waals surface area (Å²) in [7, 11) is 0. The average molecular weight is 327 g/mol. The first-order valence-electron chi connectivity index (χ1n) is 8.56. The second kappa shape index (κ2) is 8.76. The zero-order chi connectivity index (χ0) is 17.3. The van der Waals surface area contributed by atoms with Gasteiger partial charge in [0.05, 0.1) is 6.54 Å². The van der Waals surface area contributed by atoms with Crippen molar-refractivity contribution in [3.05, 3.63) is 101 Å². The van der Waals surface area contributed by atoms with Crippen LogP contribution in [0.3, 0.4) is 0 Å². The van der Waals surface area contributed by atoms with Crippen molar-refractivity contribution in [2.24, 2.45) is 5.73 Å². The number of nitrogens with zero attached hydrogens (tertiary/aromatic N) is 1. The minimum absolute atomic E-state index is 0.604. The molecule has 2 N–H and O–H groups in total. The molecule has 0 radical (unpaired) electrons. The fourth-order valence-electron chi connectivity index (χ4n) is 2.74. The van der Waals surface area contributed by atoms with Gasteiger partial charge in [-0.2, -0.15) is 4.57 Å². The third-order valence-corrected chi connectivity index (χ3v) is 4.00. The van der Waals surface area contributed by atoms with Gasteiger partial charge in [0.1, 0.15) is 0 Å². The number of benzene rings is 2. The summed E-state index contributed by atoms with van der Waals surface area (Å²) in [5.74, 6) is 0. The van der Waals surface area contributed by atoms with Gasteiger partial charge in [-0.25, -0.2) is 0 Å². The molecule has 0 spiro atoms. The van der Waals surface area contributed by atoms with Gasteiger partial charge >= 0.3 is 0 Å². The summed E-state index contributed by atoms with van der Waals surface area (Å²) in [5, 5.41) is 0. The topological polar surface area (TPSA) is 29.9 Å². The molecule has 0 unspecified atom stereocenters. The second-order valence-electron chi connectivity index (χ2n) is 5.80. The van der Waals surface area contributed by atoms with E-state index in [1.54, 1.807) is 0 Å². The molecule has 1 aromatic heterocycles. The average Bonchev–Trinajstić information content (AvgIpc) is 2.68. The second-order valence-corrected chi connectivity index (χ2v) is 5.80. The Hall–Kier alpha value is -2.97. The summed E-state index contributed by atoms with van der Waals surface area (Å²) < 4.78 is 2.25. The van der Waals surface area contributed by atoms with E-state index < -0.39 is 0 Å². The Bertz CT molecular complexity index is 782. The Kier molecular flexibility index (Phi) is 5.91. The van der Waals surface area contributed by atoms with E-state index in [0.717, 1.165) is 17.9 Å². The van der Waals surface area contributed by atoms with Crippen molar-refractivity contribution in [3.63, 3.8) is 0 Å². The van der Waals surface area contributed by atoms with Crippen LogP contribution in [0.4, 0.5) is 0 Å². The maximum Gasteiger partial charge on any atom is 0.205 e. The first kappa shape index (κ1) is 16.9. The van der Waals surface area contributed by atoms with Gasteiger partial charge < -0.3 is 5.73 Å². The quantitative estimate of drug-likeness (QED) is 0.673. The van der Waals surface area contributed by atoms with Gasteiger partial charge in [0.15, 0.2) is 6.54 Å². The van der Waals surface area contributed by atoms with Crippen molar-refractivity contribution in [2.75, 3.05) is 6.54 Å². The van der Waals surface area contributed by atoms with Crippen LogP contribution < -0.4 is 10.3 Å². The summed E-state index contributed by atoms with van der Waals surface area (Å²) in [6.45, 7) is 1.39. The van der Waals surface area contributed by atoms with Crippen LogP contribution in [0.1, 0.15) is 22.5 Å². The fourth-order valence-corrected chi connectivity index (χ4v) is 2.74. The number of pyridine rings is 1. The maximum absolute atomic E-state index is 5.84. The highest BCUT2D eigenvalue weighted by molar-refractivity contribution is 5.69. The maximum atomic E-state index is 5.84. The Morgan fingerprint density at radius 3 is 1.52 bits per heavy atom. The van der Waals surface area contributed by atoms with Crippen LogP contribution in [0, 0.1) is 0 Å². The van der Waals surface area contributed by atoms with Gasteiger partial charge in [-0.05, 0) is 29.3 Å². The minimum atomic E-state index is 0.604. The molecule has 3 aromatic rings. The van der Waals surface area contributed by atoms with Crippen molar-refractivity contribution in [2.45, 2.75) is 6.54 Å². The highest BCUT2D eigenvalue weighted by Crippen LogP contribution is 2.09. The van der Waals surface area contributed by atoms with Crippen molar-refractivity contribution >= 4 is 24.3 Å². The van der Waals surface area contributed by atoms with E-state index in [1.165, 1.54) is 11.1 Å². The SMILES string of the molecule is NCC[n+]1c(/C=C/c2ccccc2)cccc1/C=C/c1ccccc1. The molecule has 1 heterocycles. The van der Waals surface area contributed by atoms with E-state index in [2.05, 4.69) is 71.3 Å². The van der Waals surface area contributed by atoms with Crippen molar-refractivity contribution in [3.8, 4) is 0 Å². The molecule has 0 aliphatic rings. The summed E-state index contributed by atoms with van der Waals surface area (Å²) >= 11 is 0. The van der Waals surface area contributed by atoms with Crippen LogP contribution in [0.15, 0.2) is 78.9 Å². The highest BCUT2D eigenvalue weighted by atomic mass is 15.0. The van der Waals surface area contributed by atoms with Gasteiger partial charge in [-0.15, -0.1) is 0 Å². The molecular weight excluding hydrogens is 304 g/mol. The molecule has 0 amide bonds. The molecule has 124 valence electrons. The molecule has 0 saturated carbocycles. The highest BCUT2D eigenvalue weighted by Gasteiger charge is 2.11. The van der Waals surface area contributed by atoms with Crippen molar-refractivity contribution < 1.29 is 4.57 Å². The first-order valence-corrected chi connectivity index (χ1v) is 8.56. The van der Waals surface area contributed by atoms with Gasteiger partial charge in [-0.3, -0.25) is 0 Å². The lowest BCUT2D eigenvalue weighted by Crippen LogP contribution is -2.43. The monoisotopic (exact) mass is 327 g/mol. The number of hydrogen-bond donors (Lipinski definition) is 1. The molecule has 25 heavy (non-hydrogen) atoms. The Labute approximate surface area is 149 Å². The Morgan fingerprint density at radius 1 is 0.600 bits per heavy atom. The van der Waals surface area contributed by atoms with Crippen LogP contribution >= 0.6 is 0 Å². The van der Waals surface area contributed by atoms with E-state index in [1.807, 2.05) is 36.4 Å². The fraction of sp³-hybridized carbons (Fsp3) is 0.0870. The number of nitrogens with two attached hydrogens (primary N) is 1. The van der Waals surface area contributed by atoms with Gasteiger partial charge in [0, 0.05) is 24.3 Å². The molecule has 0 saturated heterocycles. The van der Waals surface area contributed by atoms with E-state index in [-0.39, 0.29) is 0 Å². The van der Waals surface area contributed by atoms with E-state index in [4.69, 9.17) is 5.73 Å². The van der Waals surface area contributed by atoms with E-state index in [0.29, 0.717) is 6.54 Å². The largest absolute Gasteiger partial charge is 0.325 e. The molecule has 0 aliphatic carbocycles. The Balaban J connectivity index is 1.91. The van der Waals surface area contributed by atoms with E-state index in [9.17, 15) is 0 Å². The van der Waals surface area contributed by atoms with Crippen LogP contribution in [0.25, 0.3) is 24.3 Å². The van der Waals surface area contributed by atoms with Gasteiger partial charge in [0.25, 0.3) is 0 Å². The number of rotatable bonds is 6.